The van der Waals surface area contributed by atoms with Crippen LogP contribution in [0.5, 0.6) is 0 Å². The minimum atomic E-state index is -3.25. The molecule has 13 heavy (non-hydrogen) atoms. The van der Waals surface area contributed by atoms with Crippen molar-refractivity contribution < 1.29 is 13.2 Å². The summed E-state index contributed by atoms with van der Waals surface area (Å²) in [5, 5.41) is 0.151. The van der Waals surface area contributed by atoms with Crippen LogP contribution in [0.15, 0.2) is 23.1 Å². The van der Waals surface area contributed by atoms with Gasteiger partial charge in [-0.25, -0.2) is 8.42 Å². The Balaban J connectivity index is 3.34. The molecule has 0 aromatic heterocycles. The van der Waals surface area contributed by atoms with Crippen molar-refractivity contribution in [3.05, 3.63) is 28.8 Å². The molecule has 70 valence electrons. The zero-order chi connectivity index (χ0) is 10.1. The van der Waals surface area contributed by atoms with Gasteiger partial charge in [0.1, 0.15) is 0 Å². The third kappa shape index (κ3) is 2.29. The second-order valence-electron chi connectivity index (χ2n) is 2.57. The van der Waals surface area contributed by atoms with E-state index in [1.165, 1.54) is 18.2 Å². The van der Waals surface area contributed by atoms with Crippen molar-refractivity contribution in [2.75, 3.05) is 6.26 Å². The summed E-state index contributed by atoms with van der Waals surface area (Å²) in [4.78, 5) is 10.5. The van der Waals surface area contributed by atoms with Crippen LogP contribution in [0, 0.1) is 0 Å². The normalized spacial score (nSPS) is 11.2. The number of hydrogen-bond acceptors (Lipinski definition) is 3. The molecule has 0 amide bonds. The Labute approximate surface area is 81.3 Å². The summed E-state index contributed by atoms with van der Waals surface area (Å²) in [5.41, 5.74) is 0.286. The minimum absolute atomic E-state index is 0.114. The van der Waals surface area contributed by atoms with Crippen LogP contribution in [0.1, 0.15) is 10.4 Å². The summed E-state index contributed by atoms with van der Waals surface area (Å²) in [5.74, 6) is 0. The van der Waals surface area contributed by atoms with E-state index in [-0.39, 0.29) is 15.5 Å². The number of hydrogen-bond donors (Lipinski definition) is 0. The first-order valence-corrected chi connectivity index (χ1v) is 5.67. The lowest BCUT2D eigenvalue weighted by molar-refractivity contribution is 0.112. The lowest BCUT2D eigenvalue weighted by Gasteiger charge is -1.99. The second-order valence-corrected chi connectivity index (χ2v) is 5.00. The Hall–Kier alpha value is -0.870. The molecule has 0 bridgehead atoms. The van der Waals surface area contributed by atoms with Gasteiger partial charge in [0, 0.05) is 11.8 Å². The molecule has 0 aliphatic carbocycles. The molecular formula is C8H7ClO3S. The van der Waals surface area contributed by atoms with Crippen molar-refractivity contribution in [3.8, 4) is 0 Å². The first-order chi connectivity index (χ1) is 5.95. The highest BCUT2D eigenvalue weighted by molar-refractivity contribution is 7.90. The smallest absolute Gasteiger partial charge is 0.175 e. The highest BCUT2D eigenvalue weighted by atomic mass is 35.5. The molecule has 1 aromatic rings. The van der Waals surface area contributed by atoms with Crippen LogP contribution >= 0.6 is 11.6 Å². The average Bonchev–Trinajstić information content (AvgIpc) is 2.02. The molecule has 1 rings (SSSR count). The van der Waals surface area contributed by atoms with Crippen molar-refractivity contribution >= 4 is 27.7 Å². The van der Waals surface area contributed by atoms with Crippen LogP contribution < -0.4 is 0 Å². The molecule has 0 fully saturated rings. The van der Waals surface area contributed by atoms with Crippen molar-refractivity contribution in [1.82, 2.24) is 0 Å². The standard InChI is InChI=1S/C8H7ClO3S/c1-13(11,12)7-3-2-6(5-10)8(9)4-7/h2-5H,1H3. The predicted octanol–water partition coefficient (Wildman–Crippen LogP) is 1.56. The first kappa shape index (κ1) is 10.2. The highest BCUT2D eigenvalue weighted by Crippen LogP contribution is 2.19. The van der Waals surface area contributed by atoms with Crippen LogP contribution in [-0.4, -0.2) is 21.0 Å². The molecule has 0 N–H and O–H groups in total. The van der Waals surface area contributed by atoms with E-state index >= 15 is 0 Å². The minimum Gasteiger partial charge on any atom is -0.298 e. The SMILES string of the molecule is CS(=O)(=O)c1ccc(C=O)c(Cl)c1. The maximum Gasteiger partial charge on any atom is 0.175 e. The van der Waals surface area contributed by atoms with Gasteiger partial charge in [0.25, 0.3) is 0 Å². The van der Waals surface area contributed by atoms with Gasteiger partial charge in [-0.1, -0.05) is 11.6 Å². The largest absolute Gasteiger partial charge is 0.298 e. The van der Waals surface area contributed by atoms with Crippen LogP contribution in [0.4, 0.5) is 0 Å². The number of aldehydes is 1. The van der Waals surface area contributed by atoms with E-state index in [1.54, 1.807) is 0 Å². The predicted molar refractivity (Wildman–Crippen MR) is 49.9 cm³/mol. The van der Waals surface area contributed by atoms with Crippen LogP contribution in [-0.2, 0) is 9.84 Å². The number of carbonyl (C=O) groups excluding carboxylic acids is 1. The topological polar surface area (TPSA) is 51.2 Å². The molecule has 3 nitrogen and oxygen atoms in total. The zero-order valence-corrected chi connectivity index (χ0v) is 8.39. The number of carbonyl (C=O) groups is 1. The fourth-order valence-electron chi connectivity index (χ4n) is 0.834. The maximum atomic E-state index is 11.0. The fraction of sp³-hybridized carbons (Fsp3) is 0.125. The second kappa shape index (κ2) is 3.47. The summed E-state index contributed by atoms with van der Waals surface area (Å²) in [6, 6.07) is 4.00. The molecule has 0 unspecified atom stereocenters. The quantitative estimate of drug-likeness (QED) is 0.708. The van der Waals surface area contributed by atoms with Gasteiger partial charge >= 0.3 is 0 Å². The van der Waals surface area contributed by atoms with E-state index in [0.717, 1.165) is 6.26 Å². The fourth-order valence-corrected chi connectivity index (χ4v) is 1.77. The highest BCUT2D eigenvalue weighted by Gasteiger charge is 2.08. The van der Waals surface area contributed by atoms with E-state index in [1.807, 2.05) is 0 Å². The Kier molecular flexibility index (Phi) is 2.73. The Bertz CT molecular complexity index is 437. The molecule has 0 aliphatic heterocycles. The van der Waals surface area contributed by atoms with E-state index < -0.39 is 9.84 Å². The molecule has 0 saturated heterocycles. The van der Waals surface area contributed by atoms with Crippen LogP contribution in [0.25, 0.3) is 0 Å². The number of sulfone groups is 1. The molecule has 0 atom stereocenters. The summed E-state index contributed by atoms with van der Waals surface area (Å²) in [6.45, 7) is 0. The van der Waals surface area contributed by atoms with Gasteiger partial charge < -0.3 is 0 Å². The van der Waals surface area contributed by atoms with Crippen molar-refractivity contribution in [2.24, 2.45) is 0 Å². The molecule has 1 aromatic carbocycles. The number of benzene rings is 1. The van der Waals surface area contributed by atoms with Gasteiger partial charge in [-0.15, -0.1) is 0 Å². The Morgan fingerprint density at radius 1 is 1.38 bits per heavy atom. The van der Waals surface area contributed by atoms with Gasteiger partial charge in [-0.2, -0.15) is 0 Å². The molecule has 0 radical (unpaired) electrons. The molecular weight excluding hydrogens is 212 g/mol. The Morgan fingerprint density at radius 3 is 2.38 bits per heavy atom. The van der Waals surface area contributed by atoms with E-state index in [2.05, 4.69) is 0 Å². The third-order valence-electron chi connectivity index (χ3n) is 1.53. The third-order valence-corrected chi connectivity index (χ3v) is 2.96. The van der Waals surface area contributed by atoms with E-state index in [0.29, 0.717) is 6.29 Å². The molecule has 0 heterocycles. The molecule has 0 aliphatic rings. The molecule has 0 saturated carbocycles. The summed E-state index contributed by atoms with van der Waals surface area (Å²) < 4.78 is 22.1. The van der Waals surface area contributed by atoms with Crippen molar-refractivity contribution in [2.45, 2.75) is 4.90 Å². The van der Waals surface area contributed by atoms with E-state index in [9.17, 15) is 13.2 Å². The maximum absolute atomic E-state index is 11.0. The summed E-state index contributed by atoms with van der Waals surface area (Å²) in [6.07, 6.45) is 1.66. The van der Waals surface area contributed by atoms with Crippen LogP contribution in [0.3, 0.4) is 0 Å². The summed E-state index contributed by atoms with van der Waals surface area (Å²) in [7, 11) is -3.25. The van der Waals surface area contributed by atoms with Crippen molar-refractivity contribution in [3.63, 3.8) is 0 Å². The van der Waals surface area contributed by atoms with Gasteiger partial charge in [0.05, 0.1) is 9.92 Å². The average molecular weight is 219 g/mol. The molecule has 5 heteroatoms. The van der Waals surface area contributed by atoms with Gasteiger partial charge in [-0.3, -0.25) is 4.79 Å². The van der Waals surface area contributed by atoms with Crippen molar-refractivity contribution in [1.29, 1.82) is 0 Å². The van der Waals surface area contributed by atoms with Gasteiger partial charge in [0.15, 0.2) is 16.1 Å². The van der Waals surface area contributed by atoms with E-state index in [4.69, 9.17) is 11.6 Å². The summed E-state index contributed by atoms with van der Waals surface area (Å²) >= 11 is 5.64. The van der Waals surface area contributed by atoms with Gasteiger partial charge in [-0.05, 0) is 18.2 Å². The lowest BCUT2D eigenvalue weighted by Crippen LogP contribution is -1.97. The van der Waals surface area contributed by atoms with Crippen LogP contribution in [0.2, 0.25) is 5.02 Å². The number of halogens is 1. The lowest BCUT2D eigenvalue weighted by atomic mass is 10.2. The first-order valence-electron chi connectivity index (χ1n) is 3.40. The molecule has 0 spiro atoms. The zero-order valence-electron chi connectivity index (χ0n) is 6.82. The van der Waals surface area contributed by atoms with Gasteiger partial charge in [0.2, 0.25) is 0 Å². The monoisotopic (exact) mass is 218 g/mol. The Morgan fingerprint density at radius 2 is 2.00 bits per heavy atom. The number of rotatable bonds is 2.